The fourth-order valence-electron chi connectivity index (χ4n) is 1.91. The van der Waals surface area contributed by atoms with E-state index in [1.165, 1.54) is 0 Å². The molecule has 20 heavy (non-hydrogen) atoms. The number of aromatic nitrogens is 3. The van der Waals surface area contributed by atoms with Gasteiger partial charge in [0.2, 0.25) is 5.88 Å². The Morgan fingerprint density at radius 3 is 2.90 bits per heavy atom. The van der Waals surface area contributed by atoms with Crippen molar-refractivity contribution < 1.29 is 4.74 Å². The normalized spacial score (nSPS) is 10.9. The Labute approximate surface area is 138 Å². The van der Waals surface area contributed by atoms with E-state index in [-0.39, 0.29) is 0 Å². The molecule has 0 atom stereocenters. The Hall–Kier alpha value is -1.15. The smallest absolute Gasteiger partial charge is 0.215 e. The van der Waals surface area contributed by atoms with Crippen molar-refractivity contribution in [2.75, 3.05) is 6.61 Å². The Morgan fingerprint density at radius 2 is 2.10 bits per heavy atom. The van der Waals surface area contributed by atoms with Crippen molar-refractivity contribution in [2.24, 2.45) is 0 Å². The first-order valence-electron chi connectivity index (χ1n) is 6.12. The van der Waals surface area contributed by atoms with Gasteiger partial charge in [-0.1, -0.05) is 15.9 Å². The number of imidazole rings is 1. The van der Waals surface area contributed by atoms with Crippen molar-refractivity contribution in [1.29, 1.82) is 0 Å². The third-order valence-electron chi connectivity index (χ3n) is 2.80. The number of aromatic amines is 1. The van der Waals surface area contributed by atoms with Gasteiger partial charge in [-0.2, -0.15) is 4.98 Å². The molecule has 0 aliphatic heterocycles. The lowest BCUT2D eigenvalue weighted by atomic mass is 10.2. The third kappa shape index (κ3) is 2.67. The Kier molecular flexibility index (Phi) is 3.93. The summed E-state index contributed by atoms with van der Waals surface area (Å²) in [6.45, 7) is 2.53. The van der Waals surface area contributed by atoms with Crippen LogP contribution >= 0.6 is 38.5 Å². The van der Waals surface area contributed by atoms with Crippen molar-refractivity contribution in [3.63, 3.8) is 0 Å². The summed E-state index contributed by atoms with van der Waals surface area (Å²) in [5.74, 6) is 1.39. The van der Waals surface area contributed by atoms with E-state index in [1.54, 1.807) is 0 Å². The lowest BCUT2D eigenvalue weighted by Gasteiger charge is -2.01. The summed E-state index contributed by atoms with van der Waals surface area (Å²) in [4.78, 5) is 12.2. The minimum absolute atomic E-state index is 0.595. The van der Waals surface area contributed by atoms with Crippen LogP contribution in [0.25, 0.3) is 22.6 Å². The summed E-state index contributed by atoms with van der Waals surface area (Å²) >= 11 is 5.84. The minimum atomic E-state index is 0.595. The van der Waals surface area contributed by atoms with Gasteiger partial charge in [0.15, 0.2) is 5.65 Å². The Balaban J connectivity index is 2.10. The maximum atomic E-state index is 5.40. The van der Waals surface area contributed by atoms with Crippen molar-refractivity contribution >= 4 is 49.7 Å². The molecule has 0 bridgehead atoms. The molecule has 0 saturated carbocycles. The van der Waals surface area contributed by atoms with Gasteiger partial charge in [-0.15, -0.1) is 0 Å². The van der Waals surface area contributed by atoms with Crippen LogP contribution in [-0.4, -0.2) is 21.6 Å². The lowest BCUT2D eigenvalue weighted by Crippen LogP contribution is -1.93. The third-order valence-corrected chi connectivity index (χ3v) is 4.16. The second kappa shape index (κ2) is 5.69. The van der Waals surface area contributed by atoms with E-state index < -0.39 is 0 Å². The van der Waals surface area contributed by atoms with E-state index in [4.69, 9.17) is 4.74 Å². The summed E-state index contributed by atoms with van der Waals surface area (Å²) < 4.78 is 7.55. The van der Waals surface area contributed by atoms with E-state index in [0.29, 0.717) is 18.1 Å². The summed E-state index contributed by atoms with van der Waals surface area (Å²) in [5, 5.41) is 0. The number of pyridine rings is 1. The number of fused-ring (bicyclic) bond motifs is 1. The van der Waals surface area contributed by atoms with E-state index in [1.807, 2.05) is 31.2 Å². The number of halogens is 2. The van der Waals surface area contributed by atoms with Crippen LogP contribution in [0.3, 0.4) is 0 Å². The van der Waals surface area contributed by atoms with Gasteiger partial charge in [-0.3, -0.25) is 0 Å². The molecular formula is C14H11BrIN3O. The number of benzene rings is 1. The van der Waals surface area contributed by atoms with Crippen LogP contribution in [-0.2, 0) is 0 Å². The number of nitrogens with one attached hydrogen (secondary N) is 1. The summed E-state index contributed by atoms with van der Waals surface area (Å²) in [7, 11) is 0. The summed E-state index contributed by atoms with van der Waals surface area (Å²) in [6.07, 6.45) is 0. The molecule has 3 aromatic rings. The number of hydrogen-bond acceptors (Lipinski definition) is 3. The fraction of sp³-hybridized carbons (Fsp3) is 0.143. The van der Waals surface area contributed by atoms with Crippen LogP contribution in [0.5, 0.6) is 5.88 Å². The van der Waals surface area contributed by atoms with Gasteiger partial charge in [-0.05, 0) is 53.8 Å². The summed E-state index contributed by atoms with van der Waals surface area (Å²) in [6, 6.07) is 9.92. The fourth-order valence-corrected chi connectivity index (χ4v) is 2.84. The van der Waals surface area contributed by atoms with Gasteiger partial charge in [0.05, 0.1) is 12.1 Å². The van der Waals surface area contributed by atoms with E-state index in [9.17, 15) is 0 Å². The second-order valence-electron chi connectivity index (χ2n) is 4.16. The van der Waals surface area contributed by atoms with Crippen molar-refractivity contribution in [1.82, 2.24) is 15.0 Å². The highest BCUT2D eigenvalue weighted by Crippen LogP contribution is 2.29. The number of rotatable bonds is 3. The van der Waals surface area contributed by atoms with Crippen LogP contribution in [0.2, 0.25) is 0 Å². The van der Waals surface area contributed by atoms with E-state index in [2.05, 4.69) is 59.5 Å². The van der Waals surface area contributed by atoms with Gasteiger partial charge >= 0.3 is 0 Å². The SMILES string of the molecule is CCOc1ccc2[nH]c(-c3cc(I)ccc3Br)nc2n1. The highest BCUT2D eigenvalue weighted by atomic mass is 127. The van der Waals surface area contributed by atoms with Gasteiger partial charge in [0.25, 0.3) is 0 Å². The topological polar surface area (TPSA) is 50.8 Å². The maximum absolute atomic E-state index is 5.40. The van der Waals surface area contributed by atoms with Gasteiger partial charge in [0.1, 0.15) is 5.82 Å². The molecule has 1 aromatic carbocycles. The van der Waals surface area contributed by atoms with Crippen LogP contribution < -0.4 is 4.74 Å². The molecule has 4 nitrogen and oxygen atoms in total. The van der Waals surface area contributed by atoms with E-state index in [0.717, 1.165) is 24.9 Å². The number of nitrogens with zero attached hydrogens (tertiary/aromatic N) is 2. The predicted molar refractivity (Wildman–Crippen MR) is 90.9 cm³/mol. The van der Waals surface area contributed by atoms with Crippen molar-refractivity contribution in [3.05, 3.63) is 38.4 Å². The molecule has 0 amide bonds. The number of hydrogen-bond donors (Lipinski definition) is 1. The molecule has 2 aromatic heterocycles. The maximum Gasteiger partial charge on any atom is 0.215 e. The van der Waals surface area contributed by atoms with Crippen molar-refractivity contribution in [3.8, 4) is 17.3 Å². The minimum Gasteiger partial charge on any atom is -0.478 e. The lowest BCUT2D eigenvalue weighted by molar-refractivity contribution is 0.328. The zero-order chi connectivity index (χ0) is 14.1. The zero-order valence-corrected chi connectivity index (χ0v) is 14.4. The second-order valence-corrected chi connectivity index (χ2v) is 6.26. The first kappa shape index (κ1) is 13.8. The molecule has 0 spiro atoms. The molecule has 1 N–H and O–H groups in total. The molecule has 3 rings (SSSR count). The molecule has 2 heterocycles. The largest absolute Gasteiger partial charge is 0.478 e. The molecule has 0 unspecified atom stereocenters. The first-order valence-corrected chi connectivity index (χ1v) is 7.99. The highest BCUT2D eigenvalue weighted by Gasteiger charge is 2.10. The molecule has 6 heteroatoms. The number of H-pyrrole nitrogens is 1. The predicted octanol–water partition coefficient (Wildman–Crippen LogP) is 4.39. The Bertz CT molecular complexity index is 772. The molecule has 0 aliphatic rings. The highest BCUT2D eigenvalue weighted by molar-refractivity contribution is 14.1. The van der Waals surface area contributed by atoms with Crippen LogP contribution in [0.1, 0.15) is 6.92 Å². The number of ether oxygens (including phenoxy) is 1. The molecule has 0 aliphatic carbocycles. The molecule has 0 fully saturated rings. The van der Waals surface area contributed by atoms with Crippen LogP contribution in [0.4, 0.5) is 0 Å². The van der Waals surface area contributed by atoms with E-state index >= 15 is 0 Å². The van der Waals surface area contributed by atoms with Gasteiger partial charge in [-0.25, -0.2) is 4.98 Å². The first-order chi connectivity index (χ1) is 9.67. The molecule has 102 valence electrons. The van der Waals surface area contributed by atoms with Crippen LogP contribution in [0.15, 0.2) is 34.8 Å². The monoisotopic (exact) mass is 443 g/mol. The summed E-state index contributed by atoms with van der Waals surface area (Å²) in [5.41, 5.74) is 2.58. The molecular weight excluding hydrogens is 433 g/mol. The van der Waals surface area contributed by atoms with Crippen molar-refractivity contribution in [2.45, 2.75) is 6.92 Å². The zero-order valence-electron chi connectivity index (χ0n) is 10.7. The molecule has 0 radical (unpaired) electrons. The van der Waals surface area contributed by atoms with Gasteiger partial charge in [0, 0.05) is 19.7 Å². The average molecular weight is 444 g/mol. The standard InChI is InChI=1S/C14H11BrIN3O/c1-2-20-12-6-5-11-14(18-12)19-13(17-11)9-7-8(16)3-4-10(9)15/h3-7H,2H2,1H3,(H,17,18,19). The molecule has 0 saturated heterocycles. The Morgan fingerprint density at radius 1 is 1.25 bits per heavy atom. The quantitative estimate of drug-likeness (QED) is 0.610. The van der Waals surface area contributed by atoms with Gasteiger partial charge < -0.3 is 9.72 Å². The van der Waals surface area contributed by atoms with Crippen LogP contribution in [0, 0.1) is 3.57 Å². The average Bonchev–Trinajstić information content (AvgIpc) is 2.85.